The predicted octanol–water partition coefficient (Wildman–Crippen LogP) is 0.331. The summed E-state index contributed by atoms with van der Waals surface area (Å²) in [6, 6.07) is 7.56. The molecule has 158 valence electrons. The van der Waals surface area contributed by atoms with Crippen molar-refractivity contribution in [2.24, 2.45) is 0 Å². The summed E-state index contributed by atoms with van der Waals surface area (Å²) >= 11 is 0. The molecule has 0 saturated carbocycles. The number of benzene rings is 1. The zero-order valence-corrected chi connectivity index (χ0v) is 17.3. The number of nitrogens with zero attached hydrogens (tertiary/aromatic N) is 1. The van der Waals surface area contributed by atoms with Crippen molar-refractivity contribution in [3.05, 3.63) is 30.3 Å². The first kappa shape index (κ1) is 22.8. The number of carbonyl (C=O) groups is 1. The third kappa shape index (κ3) is 7.14. The monoisotopic (exact) mass is 413 g/mol. The summed E-state index contributed by atoms with van der Waals surface area (Å²) in [5.74, 6) is -0.0937. The Balaban J connectivity index is 1.83. The molecule has 0 spiro atoms. The zero-order chi connectivity index (χ0) is 20.6. The molecular formula is C19H31N3O5S. The van der Waals surface area contributed by atoms with Gasteiger partial charge in [-0.2, -0.15) is 0 Å². The lowest BCUT2D eigenvalue weighted by atomic mass is 9.98. The fraction of sp³-hybridized carbons (Fsp3) is 0.632. The van der Waals surface area contributed by atoms with E-state index in [1.54, 1.807) is 18.2 Å². The largest absolute Gasteiger partial charge is 0.394 e. The molecule has 1 aliphatic heterocycles. The molecule has 28 heavy (non-hydrogen) atoms. The third-order valence-electron chi connectivity index (χ3n) is 4.67. The van der Waals surface area contributed by atoms with Crippen molar-refractivity contribution in [3.8, 4) is 0 Å². The van der Waals surface area contributed by atoms with Crippen molar-refractivity contribution in [1.82, 2.24) is 14.9 Å². The second kappa shape index (κ2) is 10.9. The van der Waals surface area contributed by atoms with Gasteiger partial charge < -0.3 is 20.1 Å². The summed E-state index contributed by atoms with van der Waals surface area (Å²) in [5.41, 5.74) is 0. The number of ether oxygens (including phenoxy) is 1. The quantitative estimate of drug-likeness (QED) is 0.477. The lowest BCUT2D eigenvalue weighted by molar-refractivity contribution is -0.130. The Morgan fingerprint density at radius 1 is 1.25 bits per heavy atom. The number of carbonyl (C=O) groups excluding carboxylic acids is 1. The third-order valence-corrected chi connectivity index (χ3v) is 6.18. The summed E-state index contributed by atoms with van der Waals surface area (Å²) in [6.07, 6.45) is 1.10. The maximum Gasteiger partial charge on any atom is 0.240 e. The van der Waals surface area contributed by atoms with Crippen LogP contribution in [0.4, 0.5) is 0 Å². The topological polar surface area (TPSA) is 108 Å². The van der Waals surface area contributed by atoms with Gasteiger partial charge in [-0.3, -0.25) is 4.79 Å². The van der Waals surface area contributed by atoms with E-state index in [-0.39, 0.29) is 29.9 Å². The Bertz CT molecular complexity index is 712. The summed E-state index contributed by atoms with van der Waals surface area (Å²) < 4.78 is 33.4. The van der Waals surface area contributed by atoms with Crippen LogP contribution in [0.1, 0.15) is 25.7 Å². The highest BCUT2D eigenvalue weighted by Gasteiger charge is 2.34. The van der Waals surface area contributed by atoms with Gasteiger partial charge in [-0.25, -0.2) is 13.1 Å². The lowest BCUT2D eigenvalue weighted by Crippen LogP contribution is -2.51. The van der Waals surface area contributed by atoms with Gasteiger partial charge >= 0.3 is 0 Å². The molecule has 1 saturated heterocycles. The number of hydrogen-bond donors (Lipinski definition) is 3. The summed E-state index contributed by atoms with van der Waals surface area (Å²) in [7, 11) is 0.273. The minimum absolute atomic E-state index is 0.0937. The average molecular weight is 414 g/mol. The van der Waals surface area contributed by atoms with E-state index >= 15 is 0 Å². The van der Waals surface area contributed by atoms with Crippen LogP contribution in [0.5, 0.6) is 0 Å². The first-order chi connectivity index (χ1) is 13.3. The predicted molar refractivity (Wildman–Crippen MR) is 106 cm³/mol. The summed E-state index contributed by atoms with van der Waals surface area (Å²) in [5, 5.41) is 12.5. The minimum Gasteiger partial charge on any atom is -0.394 e. The number of nitrogens with one attached hydrogen (secondary N) is 2. The van der Waals surface area contributed by atoms with E-state index in [4.69, 9.17) is 4.74 Å². The number of aliphatic hydroxyl groups excluding tert-OH is 1. The van der Waals surface area contributed by atoms with Crippen LogP contribution in [-0.2, 0) is 19.6 Å². The molecule has 8 nitrogen and oxygen atoms in total. The van der Waals surface area contributed by atoms with Crippen molar-refractivity contribution in [1.29, 1.82) is 0 Å². The van der Waals surface area contributed by atoms with Crippen LogP contribution < -0.4 is 10.0 Å². The summed E-state index contributed by atoms with van der Waals surface area (Å²) in [4.78, 5) is 14.3. The molecule has 3 N–H and O–H groups in total. The molecule has 2 rings (SSSR count). The van der Waals surface area contributed by atoms with Crippen LogP contribution in [-0.4, -0.2) is 76.4 Å². The van der Waals surface area contributed by atoms with Crippen LogP contribution in [0.15, 0.2) is 35.2 Å². The van der Waals surface area contributed by atoms with Crippen LogP contribution >= 0.6 is 0 Å². The van der Waals surface area contributed by atoms with E-state index < -0.39 is 22.2 Å². The average Bonchev–Trinajstić information content (AvgIpc) is 2.67. The zero-order valence-electron chi connectivity index (χ0n) is 16.5. The van der Waals surface area contributed by atoms with Crippen LogP contribution in [0, 0.1) is 0 Å². The van der Waals surface area contributed by atoms with Crippen molar-refractivity contribution >= 4 is 15.9 Å². The standard InChI is InChI=1S/C19H31N3O5S/c1-22(2)12-6-11-20-19(24)13-15-9-10-17(18(14-23)27-15)21-28(25,26)16-7-4-3-5-8-16/h3-5,7-8,15,17-18,21,23H,6,9-14H2,1-2H3,(H,20,24)/t15-,17+,18+/m1/s1. The van der Waals surface area contributed by atoms with Gasteiger partial charge in [0.1, 0.15) is 0 Å². The Kier molecular flexibility index (Phi) is 8.84. The molecule has 0 bridgehead atoms. The SMILES string of the molecule is CN(C)CCCNC(=O)C[C@H]1CC[C@H](NS(=O)(=O)c2ccccc2)[C@H](CO)O1. The van der Waals surface area contributed by atoms with E-state index in [0.29, 0.717) is 19.4 Å². The number of aliphatic hydroxyl groups is 1. The van der Waals surface area contributed by atoms with E-state index in [9.17, 15) is 18.3 Å². The lowest BCUT2D eigenvalue weighted by Gasteiger charge is -2.35. The molecule has 1 aromatic rings. The van der Waals surface area contributed by atoms with Gasteiger partial charge in [0.25, 0.3) is 0 Å². The van der Waals surface area contributed by atoms with Gasteiger partial charge in [0, 0.05) is 6.54 Å². The molecule has 0 aliphatic carbocycles. The second-order valence-electron chi connectivity index (χ2n) is 7.31. The normalized spacial score (nSPS) is 22.9. The Hall–Kier alpha value is -1.52. The van der Waals surface area contributed by atoms with E-state index in [0.717, 1.165) is 13.0 Å². The van der Waals surface area contributed by atoms with Crippen LogP contribution in [0.3, 0.4) is 0 Å². The fourth-order valence-corrected chi connectivity index (χ4v) is 4.51. The molecule has 0 aromatic heterocycles. The van der Waals surface area contributed by atoms with Crippen molar-refractivity contribution in [2.75, 3.05) is 33.8 Å². The molecule has 3 atom stereocenters. The number of rotatable bonds is 10. The molecule has 1 fully saturated rings. The van der Waals surface area contributed by atoms with Crippen LogP contribution in [0.25, 0.3) is 0 Å². The summed E-state index contributed by atoms with van der Waals surface area (Å²) in [6.45, 7) is 1.19. The van der Waals surface area contributed by atoms with Crippen molar-refractivity contribution in [3.63, 3.8) is 0 Å². The Morgan fingerprint density at radius 2 is 1.96 bits per heavy atom. The van der Waals surface area contributed by atoms with Gasteiger partial charge in [-0.1, -0.05) is 18.2 Å². The van der Waals surface area contributed by atoms with Gasteiger partial charge in [0.2, 0.25) is 15.9 Å². The van der Waals surface area contributed by atoms with Gasteiger partial charge in [0.05, 0.1) is 36.2 Å². The molecule has 1 aromatic carbocycles. The first-order valence-corrected chi connectivity index (χ1v) is 11.0. The molecule has 0 unspecified atom stereocenters. The van der Waals surface area contributed by atoms with E-state index in [1.165, 1.54) is 12.1 Å². The van der Waals surface area contributed by atoms with E-state index in [1.807, 2.05) is 14.1 Å². The smallest absolute Gasteiger partial charge is 0.240 e. The number of sulfonamides is 1. The Morgan fingerprint density at radius 3 is 2.61 bits per heavy atom. The fourth-order valence-electron chi connectivity index (χ4n) is 3.19. The Labute approximate surface area is 167 Å². The highest BCUT2D eigenvalue weighted by atomic mass is 32.2. The van der Waals surface area contributed by atoms with Gasteiger partial charge in [0.15, 0.2) is 0 Å². The highest BCUT2D eigenvalue weighted by molar-refractivity contribution is 7.89. The molecule has 9 heteroatoms. The maximum atomic E-state index is 12.5. The van der Waals surface area contributed by atoms with Crippen LogP contribution in [0.2, 0.25) is 0 Å². The van der Waals surface area contributed by atoms with Gasteiger partial charge in [-0.05, 0) is 52.0 Å². The van der Waals surface area contributed by atoms with E-state index in [2.05, 4.69) is 14.9 Å². The molecule has 0 radical (unpaired) electrons. The highest BCUT2D eigenvalue weighted by Crippen LogP contribution is 2.23. The van der Waals surface area contributed by atoms with Gasteiger partial charge in [-0.15, -0.1) is 0 Å². The molecule has 1 aliphatic rings. The minimum atomic E-state index is -3.69. The first-order valence-electron chi connectivity index (χ1n) is 9.57. The number of hydrogen-bond acceptors (Lipinski definition) is 6. The maximum absolute atomic E-state index is 12.5. The van der Waals surface area contributed by atoms with Crippen molar-refractivity contribution < 1.29 is 23.1 Å². The molecule has 1 heterocycles. The van der Waals surface area contributed by atoms with Crippen molar-refractivity contribution in [2.45, 2.75) is 48.8 Å². The molecule has 1 amide bonds. The second-order valence-corrected chi connectivity index (χ2v) is 9.02. The molecular weight excluding hydrogens is 382 g/mol. The number of amides is 1.